The van der Waals surface area contributed by atoms with Crippen LogP contribution in [0, 0.1) is 0 Å². The van der Waals surface area contributed by atoms with Gasteiger partial charge in [0.05, 0.1) is 5.52 Å². The predicted molar refractivity (Wildman–Crippen MR) is 118 cm³/mol. The number of hydrogen-bond donors (Lipinski definition) is 1. The Morgan fingerprint density at radius 1 is 0.724 bits per heavy atom. The van der Waals surface area contributed by atoms with Crippen molar-refractivity contribution in [1.82, 2.24) is 9.97 Å². The summed E-state index contributed by atoms with van der Waals surface area (Å²) in [5.74, 6) is 1.62. The first-order valence-electron chi connectivity index (χ1n) is 9.52. The van der Waals surface area contributed by atoms with Crippen LogP contribution in [0.3, 0.4) is 0 Å². The largest absolute Gasteiger partial charge is 0.489 e. The molecule has 0 bridgehead atoms. The quantitative estimate of drug-likeness (QED) is 0.376. The SMILES string of the molecule is c1ccc(COc2ccc(Nc3ncnc4cc5ccccc5cc34)cc2)cc1. The van der Waals surface area contributed by atoms with Crippen molar-refractivity contribution in [3.63, 3.8) is 0 Å². The normalized spacial score (nSPS) is 10.9. The van der Waals surface area contributed by atoms with Crippen LogP contribution >= 0.6 is 0 Å². The third-order valence-corrected chi connectivity index (χ3v) is 4.87. The molecule has 0 saturated heterocycles. The second-order valence-corrected chi connectivity index (χ2v) is 6.86. The number of fused-ring (bicyclic) bond motifs is 2. The van der Waals surface area contributed by atoms with Gasteiger partial charge in [0, 0.05) is 11.1 Å². The first-order chi connectivity index (χ1) is 14.3. The molecule has 140 valence electrons. The number of nitrogens with zero attached hydrogens (tertiary/aromatic N) is 2. The van der Waals surface area contributed by atoms with Gasteiger partial charge >= 0.3 is 0 Å². The molecule has 0 amide bonds. The highest BCUT2D eigenvalue weighted by molar-refractivity contribution is 6.01. The maximum atomic E-state index is 5.86. The summed E-state index contributed by atoms with van der Waals surface area (Å²) in [6.07, 6.45) is 1.59. The Hall–Kier alpha value is -3.92. The van der Waals surface area contributed by atoms with E-state index in [1.54, 1.807) is 6.33 Å². The van der Waals surface area contributed by atoms with E-state index in [0.29, 0.717) is 6.61 Å². The molecule has 1 aromatic heterocycles. The molecule has 1 N–H and O–H groups in total. The molecule has 0 unspecified atom stereocenters. The Balaban J connectivity index is 1.37. The first kappa shape index (κ1) is 17.2. The summed E-state index contributed by atoms with van der Waals surface area (Å²) >= 11 is 0. The minimum atomic E-state index is 0.553. The van der Waals surface area contributed by atoms with E-state index in [1.165, 1.54) is 10.8 Å². The topological polar surface area (TPSA) is 47.0 Å². The second kappa shape index (κ2) is 7.60. The van der Waals surface area contributed by atoms with E-state index in [9.17, 15) is 0 Å². The van der Waals surface area contributed by atoms with Crippen molar-refractivity contribution in [3.05, 3.63) is 103 Å². The van der Waals surface area contributed by atoms with Crippen molar-refractivity contribution in [1.29, 1.82) is 0 Å². The lowest BCUT2D eigenvalue weighted by Crippen LogP contribution is -1.97. The van der Waals surface area contributed by atoms with E-state index in [1.807, 2.05) is 54.6 Å². The number of rotatable bonds is 5. The molecule has 0 aliphatic rings. The summed E-state index contributed by atoms with van der Waals surface area (Å²) in [7, 11) is 0. The molecule has 4 heteroatoms. The zero-order valence-corrected chi connectivity index (χ0v) is 15.7. The molecular formula is C25H19N3O. The van der Waals surface area contributed by atoms with Crippen LogP contribution in [0.15, 0.2) is 97.3 Å². The summed E-state index contributed by atoms with van der Waals surface area (Å²) in [6.45, 7) is 0.553. The molecule has 29 heavy (non-hydrogen) atoms. The van der Waals surface area contributed by atoms with Crippen LogP contribution < -0.4 is 10.1 Å². The average Bonchev–Trinajstić information content (AvgIpc) is 2.78. The highest BCUT2D eigenvalue weighted by Crippen LogP contribution is 2.28. The van der Waals surface area contributed by atoms with Crippen LogP contribution in [0.4, 0.5) is 11.5 Å². The average molecular weight is 377 g/mol. The van der Waals surface area contributed by atoms with Crippen LogP contribution in [-0.4, -0.2) is 9.97 Å². The molecule has 0 radical (unpaired) electrons. The molecule has 4 aromatic carbocycles. The van der Waals surface area contributed by atoms with E-state index in [4.69, 9.17) is 4.74 Å². The molecule has 0 spiro atoms. The van der Waals surface area contributed by atoms with Crippen LogP contribution in [0.2, 0.25) is 0 Å². The molecule has 5 rings (SSSR count). The summed E-state index contributed by atoms with van der Waals surface area (Å²) < 4.78 is 5.86. The standard InChI is InChI=1S/C25H19N3O/c1-2-6-18(7-3-1)16-29-22-12-10-21(11-13-22)28-25-23-14-19-8-4-5-9-20(19)15-24(23)26-17-27-25/h1-15,17H,16H2,(H,26,27,28). The van der Waals surface area contributed by atoms with Gasteiger partial charge in [-0.15, -0.1) is 0 Å². The lowest BCUT2D eigenvalue weighted by Gasteiger charge is -2.11. The van der Waals surface area contributed by atoms with Gasteiger partial charge in [-0.1, -0.05) is 54.6 Å². The van der Waals surface area contributed by atoms with Gasteiger partial charge in [0.2, 0.25) is 0 Å². The molecule has 0 atom stereocenters. The van der Waals surface area contributed by atoms with Crippen LogP contribution in [0.5, 0.6) is 5.75 Å². The number of benzene rings is 4. The Bertz CT molecular complexity index is 1270. The third kappa shape index (κ3) is 3.73. The molecule has 0 aliphatic heterocycles. The maximum Gasteiger partial charge on any atom is 0.141 e. The number of nitrogens with one attached hydrogen (secondary N) is 1. The number of aromatic nitrogens is 2. The van der Waals surface area contributed by atoms with Crippen LogP contribution in [0.1, 0.15) is 5.56 Å². The Morgan fingerprint density at radius 3 is 2.24 bits per heavy atom. The molecule has 5 aromatic rings. The van der Waals surface area contributed by atoms with Crippen molar-refractivity contribution in [2.75, 3.05) is 5.32 Å². The summed E-state index contributed by atoms with van der Waals surface area (Å²) in [6, 6.07) is 30.6. The van der Waals surface area contributed by atoms with Gasteiger partial charge in [-0.2, -0.15) is 0 Å². The highest BCUT2D eigenvalue weighted by atomic mass is 16.5. The third-order valence-electron chi connectivity index (χ3n) is 4.87. The van der Waals surface area contributed by atoms with E-state index < -0.39 is 0 Å². The zero-order valence-electron chi connectivity index (χ0n) is 15.7. The molecule has 0 aliphatic carbocycles. The molecule has 0 fully saturated rings. The van der Waals surface area contributed by atoms with Crippen LogP contribution in [0.25, 0.3) is 21.7 Å². The fourth-order valence-electron chi connectivity index (χ4n) is 3.35. The smallest absolute Gasteiger partial charge is 0.141 e. The van der Waals surface area contributed by atoms with Gasteiger partial charge in [-0.3, -0.25) is 0 Å². The van der Waals surface area contributed by atoms with E-state index in [-0.39, 0.29) is 0 Å². The van der Waals surface area contributed by atoms with Crippen molar-refractivity contribution in [2.24, 2.45) is 0 Å². The highest BCUT2D eigenvalue weighted by Gasteiger charge is 2.06. The summed E-state index contributed by atoms with van der Waals surface area (Å²) in [5, 5.41) is 6.74. The minimum Gasteiger partial charge on any atom is -0.489 e. The van der Waals surface area contributed by atoms with Crippen molar-refractivity contribution < 1.29 is 4.74 Å². The summed E-state index contributed by atoms with van der Waals surface area (Å²) in [5.41, 5.74) is 3.02. The Labute approximate surface area is 168 Å². The number of hydrogen-bond acceptors (Lipinski definition) is 4. The number of ether oxygens (including phenoxy) is 1. The van der Waals surface area contributed by atoms with Gasteiger partial charge in [0.15, 0.2) is 0 Å². The fourth-order valence-corrected chi connectivity index (χ4v) is 3.35. The van der Waals surface area contributed by atoms with Crippen molar-refractivity contribution in [3.8, 4) is 5.75 Å². The van der Waals surface area contributed by atoms with Gasteiger partial charge < -0.3 is 10.1 Å². The molecule has 4 nitrogen and oxygen atoms in total. The zero-order chi connectivity index (χ0) is 19.5. The number of anilines is 2. The van der Waals surface area contributed by atoms with Crippen molar-refractivity contribution >= 4 is 33.2 Å². The lowest BCUT2D eigenvalue weighted by molar-refractivity contribution is 0.306. The maximum absolute atomic E-state index is 5.86. The van der Waals surface area contributed by atoms with Gasteiger partial charge in [0.1, 0.15) is 24.5 Å². The van der Waals surface area contributed by atoms with E-state index in [0.717, 1.165) is 33.7 Å². The molecule has 1 heterocycles. The van der Waals surface area contributed by atoms with Gasteiger partial charge in [0.25, 0.3) is 0 Å². The minimum absolute atomic E-state index is 0.553. The lowest BCUT2D eigenvalue weighted by atomic mass is 10.1. The summed E-state index contributed by atoms with van der Waals surface area (Å²) in [4.78, 5) is 8.88. The monoisotopic (exact) mass is 377 g/mol. The Kier molecular flexibility index (Phi) is 4.51. The molecule has 0 saturated carbocycles. The Morgan fingerprint density at radius 2 is 1.45 bits per heavy atom. The van der Waals surface area contributed by atoms with E-state index >= 15 is 0 Å². The van der Waals surface area contributed by atoms with Gasteiger partial charge in [-0.25, -0.2) is 9.97 Å². The predicted octanol–water partition coefficient (Wildman–Crippen LogP) is 6.11. The van der Waals surface area contributed by atoms with Crippen molar-refractivity contribution in [2.45, 2.75) is 6.61 Å². The van der Waals surface area contributed by atoms with Crippen LogP contribution in [-0.2, 0) is 6.61 Å². The van der Waals surface area contributed by atoms with E-state index in [2.05, 4.69) is 51.7 Å². The second-order valence-electron chi connectivity index (χ2n) is 6.86. The fraction of sp³-hybridized carbons (Fsp3) is 0.0400. The molecular weight excluding hydrogens is 358 g/mol. The van der Waals surface area contributed by atoms with Gasteiger partial charge in [-0.05, 0) is 52.7 Å². The first-order valence-corrected chi connectivity index (χ1v) is 9.52.